The van der Waals surface area contributed by atoms with Crippen LogP contribution in [0, 0.1) is 0 Å². The molecule has 0 fully saturated rings. The molecule has 2 aromatic carbocycles. The third kappa shape index (κ3) is 5.72. The molecule has 2 N–H and O–H groups in total. The molecule has 1 aromatic heterocycles. The van der Waals surface area contributed by atoms with E-state index in [9.17, 15) is 9.59 Å². The second-order valence-electron chi connectivity index (χ2n) is 8.11. The third-order valence-electron chi connectivity index (χ3n) is 5.85. The highest BCUT2D eigenvalue weighted by atomic mass is 35.5. The number of hydrogen-bond donors (Lipinski definition) is 1. The lowest BCUT2D eigenvalue weighted by molar-refractivity contribution is 0.0675. The molecule has 1 atom stereocenters. The maximum Gasteiger partial charge on any atom is 0.261 e. The van der Waals surface area contributed by atoms with E-state index in [2.05, 4.69) is 0 Å². The van der Waals surface area contributed by atoms with Gasteiger partial charge in [0.25, 0.3) is 11.5 Å². The van der Waals surface area contributed by atoms with Gasteiger partial charge in [0.1, 0.15) is 11.6 Å². The summed E-state index contributed by atoms with van der Waals surface area (Å²) in [5.74, 6) is 0.982. The molecule has 176 valence electrons. The minimum Gasteiger partial charge on any atom is -0.497 e. The zero-order valence-electron chi connectivity index (χ0n) is 19.4. The fraction of sp³-hybridized carbons (Fsp3) is 0.400. The van der Waals surface area contributed by atoms with E-state index in [0.717, 1.165) is 25.7 Å². The fourth-order valence-corrected chi connectivity index (χ4v) is 4.11. The van der Waals surface area contributed by atoms with Crippen LogP contribution >= 0.6 is 11.6 Å². The zero-order chi connectivity index (χ0) is 24.0. The Hall–Kier alpha value is -2.90. The first-order chi connectivity index (χ1) is 15.9. The lowest BCUT2D eigenvalue weighted by Crippen LogP contribution is -2.38. The maximum absolute atomic E-state index is 13.6. The number of fused-ring (bicyclic) bond motifs is 1. The molecule has 0 aliphatic heterocycles. The van der Waals surface area contributed by atoms with Crippen LogP contribution in [0.25, 0.3) is 10.9 Å². The second kappa shape index (κ2) is 11.3. The van der Waals surface area contributed by atoms with Crippen molar-refractivity contribution in [1.82, 2.24) is 14.5 Å². The Labute approximate surface area is 199 Å². The molecular formula is C25H31ClN4O3. The van der Waals surface area contributed by atoms with Crippen molar-refractivity contribution in [3.05, 3.63) is 69.2 Å². The van der Waals surface area contributed by atoms with Crippen LogP contribution in [0.2, 0.25) is 5.02 Å². The van der Waals surface area contributed by atoms with E-state index in [1.165, 1.54) is 4.57 Å². The van der Waals surface area contributed by atoms with Crippen LogP contribution in [0.3, 0.4) is 0 Å². The number of methoxy groups -OCH3 is 1. The van der Waals surface area contributed by atoms with E-state index >= 15 is 0 Å². The molecule has 1 amide bonds. The van der Waals surface area contributed by atoms with Gasteiger partial charge in [0.15, 0.2) is 0 Å². The van der Waals surface area contributed by atoms with Gasteiger partial charge in [0, 0.05) is 24.2 Å². The summed E-state index contributed by atoms with van der Waals surface area (Å²) < 4.78 is 6.81. The Bertz CT molecular complexity index is 1180. The molecule has 33 heavy (non-hydrogen) atoms. The molecule has 1 heterocycles. The quantitative estimate of drug-likeness (QED) is 0.445. The van der Waals surface area contributed by atoms with Crippen molar-refractivity contribution in [2.24, 2.45) is 12.8 Å². The van der Waals surface area contributed by atoms with Crippen molar-refractivity contribution in [1.29, 1.82) is 0 Å². The number of nitrogens with two attached hydrogens (primary N) is 1. The number of benzene rings is 2. The topological polar surface area (TPSA) is 90.5 Å². The molecular weight excluding hydrogens is 440 g/mol. The van der Waals surface area contributed by atoms with Gasteiger partial charge < -0.3 is 15.4 Å². The summed E-state index contributed by atoms with van der Waals surface area (Å²) in [6, 6.07) is 11.7. The van der Waals surface area contributed by atoms with Gasteiger partial charge in [-0.25, -0.2) is 4.98 Å². The average Bonchev–Trinajstić information content (AvgIpc) is 2.82. The van der Waals surface area contributed by atoms with Gasteiger partial charge in [-0.05, 0) is 62.7 Å². The van der Waals surface area contributed by atoms with Crippen molar-refractivity contribution in [2.45, 2.75) is 38.6 Å². The number of ether oxygens (including phenoxy) is 1. The average molecular weight is 471 g/mol. The van der Waals surface area contributed by atoms with E-state index < -0.39 is 6.04 Å². The first-order valence-electron chi connectivity index (χ1n) is 11.2. The number of carbonyl (C=O) groups is 1. The minimum absolute atomic E-state index is 0.138. The molecule has 0 saturated heterocycles. The highest BCUT2D eigenvalue weighted by Crippen LogP contribution is 2.25. The molecule has 0 radical (unpaired) electrons. The fourth-order valence-electron chi connectivity index (χ4n) is 3.95. The third-order valence-corrected chi connectivity index (χ3v) is 6.08. The molecule has 3 rings (SSSR count). The molecule has 3 aromatic rings. The van der Waals surface area contributed by atoms with Crippen molar-refractivity contribution in [2.75, 3.05) is 20.2 Å². The molecule has 0 aliphatic rings. The van der Waals surface area contributed by atoms with Gasteiger partial charge >= 0.3 is 0 Å². The number of aromatic nitrogens is 2. The van der Waals surface area contributed by atoms with Gasteiger partial charge in [-0.15, -0.1) is 0 Å². The molecule has 1 unspecified atom stereocenters. The SMILES string of the molecule is COc1cccc(C(=O)N(CCCCCCN)C(C)c2nc3cc(Cl)ccc3c(=O)n2C)c1. The van der Waals surface area contributed by atoms with Crippen LogP contribution in [-0.4, -0.2) is 40.6 Å². The Balaban J connectivity index is 1.99. The summed E-state index contributed by atoms with van der Waals surface area (Å²) >= 11 is 6.14. The number of rotatable bonds is 10. The summed E-state index contributed by atoms with van der Waals surface area (Å²) in [4.78, 5) is 33.1. The highest BCUT2D eigenvalue weighted by Gasteiger charge is 2.26. The Morgan fingerprint density at radius 3 is 2.67 bits per heavy atom. The first kappa shape index (κ1) is 24.7. The number of hydrogen-bond acceptors (Lipinski definition) is 5. The van der Waals surface area contributed by atoms with Crippen molar-refractivity contribution >= 4 is 28.4 Å². The van der Waals surface area contributed by atoms with Crippen LogP contribution in [-0.2, 0) is 7.05 Å². The Kier molecular flexibility index (Phi) is 8.47. The summed E-state index contributed by atoms with van der Waals surface area (Å²) in [6.07, 6.45) is 3.76. The van der Waals surface area contributed by atoms with Crippen LogP contribution in [0.5, 0.6) is 5.75 Å². The first-order valence-corrected chi connectivity index (χ1v) is 11.6. The van der Waals surface area contributed by atoms with Gasteiger partial charge in [0.05, 0.1) is 24.1 Å². The normalized spacial score (nSPS) is 12.0. The molecule has 0 aliphatic carbocycles. The largest absolute Gasteiger partial charge is 0.497 e. The van der Waals surface area contributed by atoms with Gasteiger partial charge in [-0.3, -0.25) is 14.2 Å². The van der Waals surface area contributed by atoms with Gasteiger partial charge in [-0.1, -0.05) is 30.5 Å². The molecule has 0 saturated carbocycles. The molecule has 8 heteroatoms. The van der Waals surface area contributed by atoms with E-state index in [1.54, 1.807) is 61.5 Å². The number of carbonyl (C=O) groups excluding carboxylic acids is 1. The van der Waals surface area contributed by atoms with Crippen molar-refractivity contribution < 1.29 is 9.53 Å². The van der Waals surface area contributed by atoms with Crippen LogP contribution < -0.4 is 16.0 Å². The van der Waals surface area contributed by atoms with E-state index in [4.69, 9.17) is 27.1 Å². The van der Waals surface area contributed by atoms with E-state index in [-0.39, 0.29) is 11.5 Å². The highest BCUT2D eigenvalue weighted by molar-refractivity contribution is 6.31. The van der Waals surface area contributed by atoms with E-state index in [1.807, 2.05) is 6.92 Å². The lowest BCUT2D eigenvalue weighted by Gasteiger charge is -2.30. The van der Waals surface area contributed by atoms with Crippen molar-refractivity contribution in [3.8, 4) is 5.75 Å². The van der Waals surface area contributed by atoms with Crippen LogP contribution in [0.1, 0.15) is 54.8 Å². The molecule has 7 nitrogen and oxygen atoms in total. The van der Waals surface area contributed by atoms with Gasteiger partial charge in [0.2, 0.25) is 0 Å². The predicted octanol–water partition coefficient (Wildman–Crippen LogP) is 4.32. The summed E-state index contributed by atoms with van der Waals surface area (Å²) in [5.41, 5.74) is 6.48. The monoisotopic (exact) mass is 470 g/mol. The second-order valence-corrected chi connectivity index (χ2v) is 8.54. The maximum atomic E-state index is 13.6. The minimum atomic E-state index is -0.431. The zero-order valence-corrected chi connectivity index (χ0v) is 20.1. The summed E-state index contributed by atoms with van der Waals surface area (Å²) in [5, 5.41) is 0.997. The van der Waals surface area contributed by atoms with Crippen LogP contribution in [0.15, 0.2) is 47.3 Å². The Morgan fingerprint density at radius 2 is 1.94 bits per heavy atom. The smallest absolute Gasteiger partial charge is 0.261 e. The lowest BCUT2D eigenvalue weighted by atomic mass is 10.1. The Morgan fingerprint density at radius 1 is 1.18 bits per heavy atom. The molecule has 0 spiro atoms. The predicted molar refractivity (Wildman–Crippen MR) is 132 cm³/mol. The number of nitrogens with zero attached hydrogens (tertiary/aromatic N) is 3. The number of amides is 1. The molecule has 0 bridgehead atoms. The number of unbranched alkanes of at least 4 members (excludes halogenated alkanes) is 3. The number of halogens is 1. The summed E-state index contributed by atoms with van der Waals surface area (Å²) in [6.45, 7) is 3.09. The van der Waals surface area contributed by atoms with E-state index in [0.29, 0.717) is 46.2 Å². The van der Waals surface area contributed by atoms with Crippen LogP contribution in [0.4, 0.5) is 0 Å². The standard InChI is InChI=1S/C25H31ClN4O3/c1-17(23-28-22-16-19(26)11-12-21(22)25(32)29(23)2)30(14-7-5-4-6-13-27)24(31)18-9-8-10-20(15-18)33-3/h8-12,15-17H,4-7,13-14,27H2,1-3H3. The van der Waals surface area contributed by atoms with Gasteiger partial charge in [-0.2, -0.15) is 0 Å². The van der Waals surface area contributed by atoms with Crippen molar-refractivity contribution in [3.63, 3.8) is 0 Å². The summed E-state index contributed by atoms with van der Waals surface area (Å²) in [7, 11) is 3.26.